The molecule has 2 aliphatic carbocycles. The van der Waals surface area contributed by atoms with Crippen molar-refractivity contribution in [3.05, 3.63) is 41.0 Å². The fourth-order valence-electron chi connectivity index (χ4n) is 3.26. The van der Waals surface area contributed by atoms with Crippen molar-refractivity contribution >= 4 is 29.6 Å². The van der Waals surface area contributed by atoms with E-state index in [4.69, 9.17) is 24.7 Å². The lowest BCUT2D eigenvalue weighted by atomic mass is 10.1. The molecule has 0 unspecified atom stereocenters. The van der Waals surface area contributed by atoms with Crippen LogP contribution in [0.2, 0.25) is 0 Å². The lowest BCUT2D eigenvalue weighted by Gasteiger charge is -2.18. The molecule has 0 atom stereocenters. The fourth-order valence-corrected chi connectivity index (χ4v) is 3.26. The topological polar surface area (TPSA) is 134 Å². The van der Waals surface area contributed by atoms with Crippen LogP contribution in [0.4, 0.5) is 10.5 Å². The van der Waals surface area contributed by atoms with Gasteiger partial charge in [0.05, 0.1) is 43.1 Å². The average molecular weight is 460 g/mol. The SMILES string of the molecule is CCOC(=O)c1c2ccc(CC(=O)N(COC)C(=O)OCC)ccc-2c(C(=O)OCC)c1N. The maximum atomic E-state index is 12.7. The molecule has 2 N–H and O–H groups in total. The molecule has 0 bridgehead atoms. The number of nitrogens with zero attached hydrogens (tertiary/aromatic N) is 1. The van der Waals surface area contributed by atoms with E-state index in [9.17, 15) is 19.2 Å². The van der Waals surface area contributed by atoms with Gasteiger partial charge in [-0.05, 0) is 37.5 Å². The Balaban J connectivity index is 2.51. The molecule has 0 aromatic carbocycles. The Bertz CT molecular complexity index is 949. The number of carbonyl (C=O) groups is 4. The Kier molecular flexibility index (Phi) is 9.17. The van der Waals surface area contributed by atoms with Gasteiger partial charge in [-0.2, -0.15) is 0 Å². The number of hydrogen-bond donors (Lipinski definition) is 1. The van der Waals surface area contributed by atoms with E-state index in [0.29, 0.717) is 16.7 Å². The lowest BCUT2D eigenvalue weighted by molar-refractivity contribution is -0.132. The molecular formula is C23H28N2O8. The van der Waals surface area contributed by atoms with Gasteiger partial charge >= 0.3 is 18.0 Å². The average Bonchev–Trinajstić information content (AvgIpc) is 2.90. The van der Waals surface area contributed by atoms with Gasteiger partial charge in [-0.15, -0.1) is 0 Å². The van der Waals surface area contributed by atoms with Crippen LogP contribution in [0.1, 0.15) is 47.1 Å². The first-order valence-electron chi connectivity index (χ1n) is 10.4. The highest BCUT2D eigenvalue weighted by Crippen LogP contribution is 2.39. The summed E-state index contributed by atoms with van der Waals surface area (Å²) in [4.78, 5) is 50.7. The van der Waals surface area contributed by atoms with Gasteiger partial charge in [-0.1, -0.05) is 24.3 Å². The van der Waals surface area contributed by atoms with E-state index in [1.807, 2.05) is 0 Å². The first-order valence-corrected chi connectivity index (χ1v) is 10.4. The molecule has 0 spiro atoms. The second kappa shape index (κ2) is 11.8. The summed E-state index contributed by atoms with van der Waals surface area (Å²) >= 11 is 0. The maximum absolute atomic E-state index is 12.7. The molecule has 0 saturated heterocycles. The van der Waals surface area contributed by atoms with Crippen molar-refractivity contribution in [3.63, 3.8) is 0 Å². The van der Waals surface area contributed by atoms with Crippen molar-refractivity contribution in [2.24, 2.45) is 0 Å². The summed E-state index contributed by atoms with van der Waals surface area (Å²) < 4.78 is 20.0. The van der Waals surface area contributed by atoms with Crippen LogP contribution in [0.25, 0.3) is 11.1 Å². The summed E-state index contributed by atoms with van der Waals surface area (Å²) in [7, 11) is 1.35. The fraction of sp³-hybridized carbons (Fsp3) is 0.391. The molecule has 0 heterocycles. The molecule has 2 aliphatic rings. The minimum absolute atomic E-state index is 0.0284. The highest BCUT2D eigenvalue weighted by molar-refractivity contribution is 6.15. The Hall–Kier alpha value is -3.66. The van der Waals surface area contributed by atoms with Crippen molar-refractivity contribution in [1.82, 2.24) is 4.90 Å². The third kappa shape index (κ3) is 5.78. The molecule has 0 radical (unpaired) electrons. The van der Waals surface area contributed by atoms with E-state index < -0.39 is 23.9 Å². The molecule has 2 amide bonds. The number of imide groups is 1. The summed E-state index contributed by atoms with van der Waals surface area (Å²) in [6.45, 7) is 5.04. The number of fused-ring (bicyclic) bond motifs is 1. The second-order valence-electron chi connectivity index (χ2n) is 6.79. The van der Waals surface area contributed by atoms with E-state index >= 15 is 0 Å². The van der Waals surface area contributed by atoms with E-state index in [1.54, 1.807) is 45.0 Å². The number of nitrogens with two attached hydrogens (primary N) is 1. The van der Waals surface area contributed by atoms with Crippen LogP contribution < -0.4 is 5.73 Å². The van der Waals surface area contributed by atoms with Crippen molar-refractivity contribution < 1.29 is 38.1 Å². The highest BCUT2D eigenvalue weighted by Gasteiger charge is 2.31. The van der Waals surface area contributed by atoms with Gasteiger partial charge in [0.15, 0.2) is 0 Å². The van der Waals surface area contributed by atoms with Gasteiger partial charge in [-0.3, -0.25) is 4.79 Å². The van der Waals surface area contributed by atoms with Crippen LogP contribution in [-0.4, -0.2) is 62.5 Å². The second-order valence-corrected chi connectivity index (χ2v) is 6.79. The number of rotatable bonds is 9. The number of amides is 2. The molecule has 0 aromatic rings. The largest absolute Gasteiger partial charge is 0.462 e. The van der Waals surface area contributed by atoms with Crippen LogP contribution in [0.3, 0.4) is 0 Å². The van der Waals surface area contributed by atoms with Crippen LogP contribution in [-0.2, 0) is 30.2 Å². The molecular weight excluding hydrogens is 432 g/mol. The predicted molar refractivity (Wildman–Crippen MR) is 119 cm³/mol. The normalized spacial score (nSPS) is 10.5. The number of methoxy groups -OCH3 is 1. The third-order valence-electron chi connectivity index (χ3n) is 4.66. The Morgan fingerprint density at radius 2 is 1.30 bits per heavy atom. The smallest absolute Gasteiger partial charge is 0.418 e. The van der Waals surface area contributed by atoms with E-state index in [0.717, 1.165) is 4.90 Å². The molecule has 0 aromatic heterocycles. The number of nitrogen functional groups attached to an aromatic ring is 1. The van der Waals surface area contributed by atoms with Crippen molar-refractivity contribution in [2.75, 3.05) is 39.4 Å². The number of esters is 2. The summed E-state index contributed by atoms with van der Waals surface area (Å²) in [6, 6.07) is 6.36. The Morgan fingerprint density at radius 1 is 0.818 bits per heavy atom. The zero-order valence-corrected chi connectivity index (χ0v) is 19.1. The van der Waals surface area contributed by atoms with Gasteiger partial charge in [0.25, 0.3) is 0 Å². The minimum atomic E-state index is -0.814. The zero-order chi connectivity index (χ0) is 24.5. The third-order valence-corrected chi connectivity index (χ3v) is 4.66. The standard InChI is InChI=1S/C23H28N2O8/c1-5-31-21(27)18-15-10-8-14(12-17(26)25(13-30-4)23(29)33-7-3)9-11-16(15)19(20(18)24)22(28)32-6-2/h8-11H,5-7,12-13,24H2,1-4H3. The van der Waals surface area contributed by atoms with Gasteiger partial charge in [-0.25, -0.2) is 19.3 Å². The van der Waals surface area contributed by atoms with Gasteiger partial charge in [0, 0.05) is 7.11 Å². The summed E-state index contributed by atoms with van der Waals surface area (Å²) in [5.41, 5.74) is 7.50. The summed E-state index contributed by atoms with van der Waals surface area (Å²) in [6.07, 6.45) is -0.969. The van der Waals surface area contributed by atoms with E-state index in [1.165, 1.54) is 7.11 Å². The van der Waals surface area contributed by atoms with Crippen LogP contribution in [0.15, 0.2) is 24.3 Å². The number of carbonyl (C=O) groups excluding carboxylic acids is 4. The summed E-state index contributed by atoms with van der Waals surface area (Å²) in [5, 5.41) is 0. The van der Waals surface area contributed by atoms with Crippen LogP contribution >= 0.6 is 0 Å². The molecule has 178 valence electrons. The van der Waals surface area contributed by atoms with Crippen molar-refractivity contribution in [3.8, 4) is 11.1 Å². The minimum Gasteiger partial charge on any atom is -0.462 e. The summed E-state index contributed by atoms with van der Waals surface area (Å²) in [5.74, 6) is -1.89. The van der Waals surface area contributed by atoms with E-state index in [2.05, 4.69) is 0 Å². The first kappa shape index (κ1) is 25.6. The first-order chi connectivity index (χ1) is 15.8. The van der Waals surface area contributed by atoms with Gasteiger partial charge < -0.3 is 24.7 Å². The molecule has 10 heteroatoms. The van der Waals surface area contributed by atoms with E-state index in [-0.39, 0.29) is 49.8 Å². The molecule has 33 heavy (non-hydrogen) atoms. The molecule has 2 rings (SSSR count). The number of anilines is 1. The zero-order valence-electron chi connectivity index (χ0n) is 19.1. The maximum Gasteiger partial charge on any atom is 0.418 e. The molecule has 0 fully saturated rings. The lowest BCUT2D eigenvalue weighted by Crippen LogP contribution is -2.39. The van der Waals surface area contributed by atoms with Gasteiger partial charge in [0.2, 0.25) is 5.91 Å². The Labute approximate surface area is 191 Å². The quantitative estimate of drug-likeness (QED) is 0.340. The highest BCUT2D eigenvalue weighted by atomic mass is 16.6. The van der Waals surface area contributed by atoms with Gasteiger partial charge in [0.1, 0.15) is 6.73 Å². The molecule has 10 nitrogen and oxygen atoms in total. The monoisotopic (exact) mass is 460 g/mol. The number of hydrogen-bond acceptors (Lipinski definition) is 9. The van der Waals surface area contributed by atoms with Crippen molar-refractivity contribution in [2.45, 2.75) is 27.2 Å². The van der Waals surface area contributed by atoms with Crippen molar-refractivity contribution in [1.29, 1.82) is 0 Å². The molecule has 0 saturated carbocycles. The molecule has 0 aliphatic heterocycles. The van der Waals surface area contributed by atoms with Crippen LogP contribution in [0.5, 0.6) is 0 Å². The number of ether oxygens (including phenoxy) is 4. The Morgan fingerprint density at radius 3 is 1.73 bits per heavy atom. The van der Waals surface area contributed by atoms with Crippen LogP contribution in [0, 0.1) is 0 Å². The predicted octanol–water partition coefficient (Wildman–Crippen LogP) is 2.86.